The fourth-order valence-corrected chi connectivity index (χ4v) is 2.46. The maximum absolute atomic E-state index is 4.59. The van der Waals surface area contributed by atoms with Gasteiger partial charge in [0, 0.05) is 44.5 Å². The second-order valence-corrected chi connectivity index (χ2v) is 5.24. The summed E-state index contributed by atoms with van der Waals surface area (Å²) in [6.45, 7) is 5.09. The number of piperazine rings is 1. The van der Waals surface area contributed by atoms with Crippen LogP contribution in [0.5, 0.6) is 0 Å². The van der Waals surface area contributed by atoms with Gasteiger partial charge < -0.3 is 10.2 Å². The lowest BCUT2D eigenvalue weighted by Crippen LogP contribution is -2.49. The minimum absolute atomic E-state index is 0.487. The van der Waals surface area contributed by atoms with Gasteiger partial charge in [-0.1, -0.05) is 6.07 Å². The van der Waals surface area contributed by atoms with Crippen molar-refractivity contribution in [3.8, 4) is 0 Å². The summed E-state index contributed by atoms with van der Waals surface area (Å²) in [7, 11) is 0. The highest BCUT2D eigenvalue weighted by molar-refractivity contribution is 5.30. The quantitative estimate of drug-likeness (QED) is 0.861. The molecule has 0 spiro atoms. The van der Waals surface area contributed by atoms with E-state index in [1.165, 1.54) is 5.56 Å². The average Bonchev–Trinajstić information content (AvgIpc) is 2.95. The molecule has 1 aliphatic rings. The largest absolute Gasteiger partial charge is 0.337 e. The minimum Gasteiger partial charge on any atom is -0.337 e. The van der Waals surface area contributed by atoms with Crippen molar-refractivity contribution in [1.82, 2.24) is 25.5 Å². The molecule has 0 aromatic carbocycles. The number of hydrogen-bond acceptors (Lipinski definition) is 5. The van der Waals surface area contributed by atoms with Gasteiger partial charge in [0.1, 0.15) is 5.82 Å². The molecule has 2 aromatic heterocycles. The van der Waals surface area contributed by atoms with Gasteiger partial charge in [-0.25, -0.2) is 0 Å². The average molecular weight is 272 g/mol. The van der Waals surface area contributed by atoms with E-state index in [0.717, 1.165) is 44.2 Å². The Bertz CT molecular complexity index is 538. The number of aryl methyl sites for hydroxylation is 2. The molecule has 2 N–H and O–H groups in total. The molecular weight excluding hydrogens is 252 g/mol. The molecular formula is C14H20N6. The molecule has 1 atom stereocenters. The first-order valence-corrected chi connectivity index (χ1v) is 7.10. The molecule has 6 heteroatoms. The highest BCUT2D eigenvalue weighted by atomic mass is 15.4. The van der Waals surface area contributed by atoms with Crippen LogP contribution in [0.2, 0.25) is 0 Å². The summed E-state index contributed by atoms with van der Waals surface area (Å²) in [5.74, 6) is 1.76. The van der Waals surface area contributed by atoms with Gasteiger partial charge in [0.2, 0.25) is 5.95 Å². The van der Waals surface area contributed by atoms with Gasteiger partial charge in [-0.2, -0.15) is 4.98 Å². The second-order valence-electron chi connectivity index (χ2n) is 5.24. The number of pyridine rings is 1. The number of aromatic amines is 1. The van der Waals surface area contributed by atoms with Gasteiger partial charge in [-0.3, -0.25) is 10.1 Å². The van der Waals surface area contributed by atoms with Crippen LogP contribution >= 0.6 is 0 Å². The van der Waals surface area contributed by atoms with Gasteiger partial charge in [0.05, 0.1) is 0 Å². The van der Waals surface area contributed by atoms with E-state index in [-0.39, 0.29) is 0 Å². The third kappa shape index (κ3) is 3.14. The van der Waals surface area contributed by atoms with Crippen LogP contribution < -0.4 is 10.2 Å². The van der Waals surface area contributed by atoms with Crippen LogP contribution in [0.3, 0.4) is 0 Å². The fourth-order valence-electron chi connectivity index (χ4n) is 2.46. The summed E-state index contributed by atoms with van der Waals surface area (Å²) < 4.78 is 0. The summed E-state index contributed by atoms with van der Waals surface area (Å²) in [4.78, 5) is 10.9. The van der Waals surface area contributed by atoms with E-state index in [0.29, 0.717) is 6.04 Å². The zero-order chi connectivity index (χ0) is 13.8. The monoisotopic (exact) mass is 272 g/mol. The Kier molecular flexibility index (Phi) is 3.92. The van der Waals surface area contributed by atoms with Crippen LogP contribution in [0.4, 0.5) is 5.95 Å². The van der Waals surface area contributed by atoms with E-state index >= 15 is 0 Å². The minimum atomic E-state index is 0.487. The van der Waals surface area contributed by atoms with Crippen molar-refractivity contribution in [1.29, 1.82) is 0 Å². The lowest BCUT2D eigenvalue weighted by atomic mass is 10.1. The standard InChI is InChI=1S/C14H20N6/c1-11-10-20(8-7-16-11)14-17-13(18-19-14)5-4-12-3-2-6-15-9-12/h2-3,6,9,11,16H,4-5,7-8,10H2,1H3,(H,17,18,19)/t11-/m1/s1. The molecule has 0 aliphatic carbocycles. The zero-order valence-electron chi connectivity index (χ0n) is 11.7. The lowest BCUT2D eigenvalue weighted by Gasteiger charge is -2.30. The van der Waals surface area contributed by atoms with Gasteiger partial charge >= 0.3 is 0 Å². The van der Waals surface area contributed by atoms with Crippen LogP contribution in [0.1, 0.15) is 18.3 Å². The number of nitrogens with zero attached hydrogens (tertiary/aromatic N) is 4. The predicted octanol–water partition coefficient (Wildman–Crippen LogP) is 0.783. The van der Waals surface area contributed by atoms with Crippen LogP contribution in [0.15, 0.2) is 24.5 Å². The number of rotatable bonds is 4. The first kappa shape index (κ1) is 13.1. The Morgan fingerprint density at radius 1 is 1.40 bits per heavy atom. The molecule has 0 radical (unpaired) electrons. The molecule has 0 bridgehead atoms. The Labute approximate surface area is 118 Å². The van der Waals surface area contributed by atoms with Gasteiger partial charge in [0.15, 0.2) is 0 Å². The summed E-state index contributed by atoms with van der Waals surface area (Å²) in [6.07, 6.45) is 5.48. The maximum Gasteiger partial charge on any atom is 0.244 e. The van der Waals surface area contributed by atoms with Crippen molar-refractivity contribution >= 4 is 5.95 Å². The normalized spacial score (nSPS) is 19.2. The van der Waals surface area contributed by atoms with Crippen molar-refractivity contribution in [3.05, 3.63) is 35.9 Å². The highest BCUT2D eigenvalue weighted by Crippen LogP contribution is 2.11. The van der Waals surface area contributed by atoms with Gasteiger partial charge in [-0.05, 0) is 25.0 Å². The molecule has 6 nitrogen and oxygen atoms in total. The van der Waals surface area contributed by atoms with E-state index in [1.807, 2.05) is 12.3 Å². The molecule has 1 aliphatic heterocycles. The molecule has 0 unspecified atom stereocenters. The van der Waals surface area contributed by atoms with E-state index in [9.17, 15) is 0 Å². The molecule has 0 amide bonds. The van der Waals surface area contributed by atoms with Crippen LogP contribution in [0, 0.1) is 0 Å². The molecule has 2 aromatic rings. The Hall–Kier alpha value is -1.95. The smallest absolute Gasteiger partial charge is 0.244 e. The third-order valence-electron chi connectivity index (χ3n) is 3.54. The lowest BCUT2D eigenvalue weighted by molar-refractivity contribution is 0.479. The van der Waals surface area contributed by atoms with E-state index in [1.54, 1.807) is 6.20 Å². The van der Waals surface area contributed by atoms with Crippen LogP contribution in [-0.2, 0) is 12.8 Å². The Morgan fingerprint density at radius 2 is 2.35 bits per heavy atom. The third-order valence-corrected chi connectivity index (χ3v) is 3.54. The van der Waals surface area contributed by atoms with Gasteiger partial charge in [-0.15, -0.1) is 5.10 Å². The summed E-state index contributed by atoms with van der Waals surface area (Å²) in [6, 6.07) is 4.53. The van der Waals surface area contributed by atoms with Gasteiger partial charge in [0.25, 0.3) is 0 Å². The number of H-pyrrole nitrogens is 1. The Balaban J connectivity index is 1.59. The number of anilines is 1. The topological polar surface area (TPSA) is 69.7 Å². The molecule has 106 valence electrons. The van der Waals surface area contributed by atoms with Crippen LogP contribution in [-0.4, -0.2) is 45.8 Å². The molecule has 3 rings (SSSR count). The summed E-state index contributed by atoms with van der Waals surface area (Å²) in [5.41, 5.74) is 1.22. The van der Waals surface area contributed by atoms with E-state index in [2.05, 4.69) is 43.4 Å². The molecule has 0 saturated carbocycles. The van der Waals surface area contributed by atoms with E-state index in [4.69, 9.17) is 0 Å². The first-order valence-electron chi connectivity index (χ1n) is 7.10. The molecule has 20 heavy (non-hydrogen) atoms. The number of hydrogen-bond donors (Lipinski definition) is 2. The number of aromatic nitrogens is 4. The van der Waals surface area contributed by atoms with Crippen molar-refractivity contribution < 1.29 is 0 Å². The highest BCUT2D eigenvalue weighted by Gasteiger charge is 2.19. The molecule has 1 fully saturated rings. The SMILES string of the molecule is C[C@@H]1CN(c2n[nH]c(CCc3cccnc3)n2)CCN1. The summed E-state index contributed by atoms with van der Waals surface area (Å²) >= 11 is 0. The number of nitrogens with one attached hydrogen (secondary N) is 2. The van der Waals surface area contributed by atoms with Crippen molar-refractivity contribution in [2.75, 3.05) is 24.5 Å². The fraction of sp³-hybridized carbons (Fsp3) is 0.500. The second kappa shape index (κ2) is 6.00. The van der Waals surface area contributed by atoms with Crippen molar-refractivity contribution in [2.24, 2.45) is 0 Å². The maximum atomic E-state index is 4.59. The Morgan fingerprint density at radius 3 is 3.15 bits per heavy atom. The van der Waals surface area contributed by atoms with Crippen molar-refractivity contribution in [3.63, 3.8) is 0 Å². The predicted molar refractivity (Wildman–Crippen MR) is 77.7 cm³/mol. The van der Waals surface area contributed by atoms with E-state index < -0.39 is 0 Å². The molecule has 1 saturated heterocycles. The summed E-state index contributed by atoms with van der Waals surface area (Å²) in [5, 5.41) is 10.8. The first-order chi connectivity index (χ1) is 9.81. The van der Waals surface area contributed by atoms with Crippen molar-refractivity contribution in [2.45, 2.75) is 25.8 Å². The molecule has 3 heterocycles. The zero-order valence-corrected chi connectivity index (χ0v) is 11.7. The van der Waals surface area contributed by atoms with Crippen LogP contribution in [0.25, 0.3) is 0 Å².